The van der Waals surface area contributed by atoms with E-state index in [-0.39, 0.29) is 23.5 Å². The van der Waals surface area contributed by atoms with Crippen LogP contribution in [0.1, 0.15) is 34.6 Å². The van der Waals surface area contributed by atoms with Gasteiger partial charge in [0, 0.05) is 13.1 Å². The standard InChI is InChI=1S/C11H21NO2/c1-6-12(7-2)10(13)8-9(14-8)11(3,4)5/h8-9H,6-7H2,1-5H3/t8-,9-/m1/s1. The molecule has 0 aromatic heterocycles. The Kier molecular flexibility index (Phi) is 3.20. The SMILES string of the molecule is CCN(CC)C(=O)[C@@H]1O[C@H]1C(C)(C)C. The third-order valence-corrected chi connectivity index (χ3v) is 2.66. The van der Waals surface area contributed by atoms with Crippen LogP contribution < -0.4 is 0 Å². The molecule has 14 heavy (non-hydrogen) atoms. The number of amides is 1. The summed E-state index contributed by atoms with van der Waals surface area (Å²) < 4.78 is 5.44. The minimum atomic E-state index is -0.185. The lowest BCUT2D eigenvalue weighted by atomic mass is 9.90. The van der Waals surface area contributed by atoms with Crippen LogP contribution in [-0.4, -0.2) is 36.1 Å². The van der Waals surface area contributed by atoms with Gasteiger partial charge < -0.3 is 9.64 Å². The molecule has 3 nitrogen and oxygen atoms in total. The highest BCUT2D eigenvalue weighted by Crippen LogP contribution is 2.38. The van der Waals surface area contributed by atoms with E-state index >= 15 is 0 Å². The topological polar surface area (TPSA) is 32.8 Å². The monoisotopic (exact) mass is 199 g/mol. The molecule has 1 heterocycles. The van der Waals surface area contributed by atoms with E-state index in [4.69, 9.17) is 4.74 Å². The van der Waals surface area contributed by atoms with E-state index in [1.54, 1.807) is 0 Å². The van der Waals surface area contributed by atoms with Gasteiger partial charge in [-0.25, -0.2) is 0 Å². The molecule has 0 aromatic rings. The smallest absolute Gasteiger partial charge is 0.254 e. The number of carbonyl (C=O) groups excluding carboxylic acids is 1. The van der Waals surface area contributed by atoms with Gasteiger partial charge >= 0.3 is 0 Å². The zero-order chi connectivity index (χ0) is 10.9. The molecule has 0 radical (unpaired) electrons. The van der Waals surface area contributed by atoms with Gasteiger partial charge in [-0.15, -0.1) is 0 Å². The molecule has 0 aliphatic carbocycles. The van der Waals surface area contributed by atoms with E-state index < -0.39 is 0 Å². The van der Waals surface area contributed by atoms with E-state index in [9.17, 15) is 4.79 Å². The number of hydrogen-bond acceptors (Lipinski definition) is 2. The molecule has 1 saturated heterocycles. The summed E-state index contributed by atoms with van der Waals surface area (Å²) in [5, 5.41) is 0. The molecule has 1 fully saturated rings. The highest BCUT2D eigenvalue weighted by atomic mass is 16.6. The maximum Gasteiger partial charge on any atom is 0.254 e. The molecule has 1 amide bonds. The molecule has 1 aliphatic heterocycles. The van der Waals surface area contributed by atoms with Gasteiger partial charge in [0.05, 0.1) is 6.10 Å². The van der Waals surface area contributed by atoms with Crippen LogP contribution in [0.2, 0.25) is 0 Å². The molecule has 0 spiro atoms. The van der Waals surface area contributed by atoms with Crippen LogP contribution in [-0.2, 0) is 9.53 Å². The van der Waals surface area contributed by atoms with Crippen LogP contribution in [0.15, 0.2) is 0 Å². The lowest BCUT2D eigenvalue weighted by Gasteiger charge is -2.19. The first-order valence-corrected chi connectivity index (χ1v) is 5.36. The zero-order valence-corrected chi connectivity index (χ0v) is 9.83. The van der Waals surface area contributed by atoms with Crippen LogP contribution in [0.4, 0.5) is 0 Å². The summed E-state index contributed by atoms with van der Waals surface area (Å²) in [6, 6.07) is 0. The van der Waals surface area contributed by atoms with Crippen molar-refractivity contribution in [3.8, 4) is 0 Å². The fourth-order valence-corrected chi connectivity index (χ4v) is 1.67. The molecule has 0 bridgehead atoms. The largest absolute Gasteiger partial charge is 0.359 e. The lowest BCUT2D eigenvalue weighted by molar-refractivity contribution is -0.132. The minimum Gasteiger partial charge on any atom is -0.359 e. The first-order chi connectivity index (χ1) is 6.41. The first-order valence-electron chi connectivity index (χ1n) is 5.36. The number of rotatable bonds is 3. The normalized spacial score (nSPS) is 26.1. The van der Waals surface area contributed by atoms with Gasteiger partial charge in [0.15, 0.2) is 6.10 Å². The van der Waals surface area contributed by atoms with Gasteiger partial charge in [0.25, 0.3) is 5.91 Å². The highest BCUT2D eigenvalue weighted by Gasteiger charge is 2.52. The predicted octanol–water partition coefficient (Wildman–Crippen LogP) is 1.67. The Morgan fingerprint density at radius 1 is 1.29 bits per heavy atom. The molecule has 0 N–H and O–H groups in total. The second kappa shape index (κ2) is 3.89. The summed E-state index contributed by atoms with van der Waals surface area (Å²) >= 11 is 0. The van der Waals surface area contributed by atoms with Gasteiger partial charge in [0.1, 0.15) is 0 Å². The second-order valence-corrected chi connectivity index (χ2v) is 4.85. The van der Waals surface area contributed by atoms with Crippen LogP contribution >= 0.6 is 0 Å². The van der Waals surface area contributed by atoms with E-state index in [0.717, 1.165) is 13.1 Å². The molecular formula is C11H21NO2. The lowest BCUT2D eigenvalue weighted by Crippen LogP contribution is -2.36. The summed E-state index contributed by atoms with van der Waals surface area (Å²) in [7, 11) is 0. The van der Waals surface area contributed by atoms with Crippen molar-refractivity contribution in [2.24, 2.45) is 5.41 Å². The Hall–Kier alpha value is -0.570. The Morgan fingerprint density at radius 3 is 2.07 bits per heavy atom. The molecule has 1 aliphatic rings. The Bertz CT molecular complexity index is 216. The Balaban J connectivity index is 2.51. The summed E-state index contributed by atoms with van der Waals surface area (Å²) in [6.07, 6.45) is -0.0782. The predicted molar refractivity (Wildman–Crippen MR) is 56.0 cm³/mol. The number of carbonyl (C=O) groups is 1. The highest BCUT2D eigenvalue weighted by molar-refractivity contribution is 5.83. The van der Waals surface area contributed by atoms with Crippen LogP contribution in [0.25, 0.3) is 0 Å². The molecule has 1 rings (SSSR count). The summed E-state index contributed by atoms with van der Waals surface area (Å²) in [5.74, 6) is 0.148. The number of epoxide rings is 1. The average Bonchev–Trinajstić information content (AvgIpc) is 2.83. The van der Waals surface area contributed by atoms with Gasteiger partial charge in [-0.2, -0.15) is 0 Å². The molecule has 2 atom stereocenters. The maximum absolute atomic E-state index is 11.8. The molecular weight excluding hydrogens is 178 g/mol. The van der Waals surface area contributed by atoms with E-state index in [1.807, 2.05) is 18.7 Å². The van der Waals surface area contributed by atoms with Crippen LogP contribution in [0, 0.1) is 5.41 Å². The van der Waals surface area contributed by atoms with Crippen molar-refractivity contribution in [1.82, 2.24) is 4.90 Å². The quantitative estimate of drug-likeness (QED) is 0.648. The fourth-order valence-electron chi connectivity index (χ4n) is 1.67. The maximum atomic E-state index is 11.8. The van der Waals surface area contributed by atoms with Gasteiger partial charge in [0.2, 0.25) is 0 Å². The van der Waals surface area contributed by atoms with Crippen molar-refractivity contribution in [3.63, 3.8) is 0 Å². The zero-order valence-electron chi connectivity index (χ0n) is 9.83. The summed E-state index contributed by atoms with van der Waals surface area (Å²) in [6.45, 7) is 11.8. The molecule has 82 valence electrons. The third kappa shape index (κ3) is 2.27. The number of likely N-dealkylation sites (N-methyl/N-ethyl adjacent to an activating group) is 1. The van der Waals surface area contributed by atoms with Crippen LogP contribution in [0.5, 0.6) is 0 Å². The molecule has 3 heteroatoms. The van der Waals surface area contributed by atoms with Crippen molar-refractivity contribution in [1.29, 1.82) is 0 Å². The summed E-state index contributed by atoms with van der Waals surface area (Å²) in [5.41, 5.74) is 0.0769. The van der Waals surface area contributed by atoms with E-state index in [1.165, 1.54) is 0 Å². The van der Waals surface area contributed by atoms with E-state index in [2.05, 4.69) is 20.8 Å². The average molecular weight is 199 g/mol. The van der Waals surface area contributed by atoms with Crippen molar-refractivity contribution < 1.29 is 9.53 Å². The van der Waals surface area contributed by atoms with Gasteiger partial charge in [-0.1, -0.05) is 20.8 Å². The van der Waals surface area contributed by atoms with Crippen LogP contribution in [0.3, 0.4) is 0 Å². The van der Waals surface area contributed by atoms with Crippen molar-refractivity contribution in [3.05, 3.63) is 0 Å². The van der Waals surface area contributed by atoms with Crippen molar-refractivity contribution >= 4 is 5.91 Å². The van der Waals surface area contributed by atoms with Gasteiger partial charge in [-0.3, -0.25) is 4.79 Å². The number of hydrogen-bond donors (Lipinski definition) is 0. The Morgan fingerprint density at radius 2 is 1.79 bits per heavy atom. The molecule has 0 unspecified atom stereocenters. The Labute approximate surface area is 86.4 Å². The number of nitrogens with zero attached hydrogens (tertiary/aromatic N) is 1. The fraction of sp³-hybridized carbons (Fsp3) is 0.909. The second-order valence-electron chi connectivity index (χ2n) is 4.85. The minimum absolute atomic E-state index is 0.0769. The molecule has 0 aromatic carbocycles. The van der Waals surface area contributed by atoms with Gasteiger partial charge in [-0.05, 0) is 19.3 Å². The van der Waals surface area contributed by atoms with E-state index in [0.29, 0.717) is 0 Å². The van der Waals surface area contributed by atoms with Crippen molar-refractivity contribution in [2.45, 2.75) is 46.8 Å². The number of ether oxygens (including phenoxy) is 1. The van der Waals surface area contributed by atoms with Crippen molar-refractivity contribution in [2.75, 3.05) is 13.1 Å². The molecule has 0 saturated carbocycles. The summed E-state index contributed by atoms with van der Waals surface area (Å²) in [4.78, 5) is 13.7. The first kappa shape index (κ1) is 11.5. The third-order valence-electron chi connectivity index (χ3n) is 2.66.